The minimum absolute atomic E-state index is 0.154. The van der Waals surface area contributed by atoms with Crippen LogP contribution in [0.15, 0.2) is 72.9 Å². The Hall–Kier alpha value is -3.51. The van der Waals surface area contributed by atoms with Gasteiger partial charge in [0, 0.05) is 22.3 Å². The lowest BCUT2D eigenvalue weighted by Crippen LogP contribution is -2.36. The molecule has 0 atom stereocenters. The zero-order chi connectivity index (χ0) is 25.9. The normalized spacial score (nSPS) is 11.9. The number of rotatable bonds is 8. The van der Waals surface area contributed by atoms with E-state index in [4.69, 9.17) is 26.1 Å². The van der Waals surface area contributed by atoms with Crippen LogP contribution in [0.2, 0.25) is 5.02 Å². The maximum Gasteiger partial charge on any atom is 0.349 e. The van der Waals surface area contributed by atoms with Crippen molar-refractivity contribution in [3.8, 4) is 22.8 Å². The van der Waals surface area contributed by atoms with Crippen LogP contribution in [0.4, 0.5) is 5.82 Å². The largest absolute Gasteiger partial charge is 0.482 e. The van der Waals surface area contributed by atoms with Crippen molar-refractivity contribution in [3.63, 3.8) is 0 Å². The van der Waals surface area contributed by atoms with Crippen molar-refractivity contribution in [2.24, 2.45) is 5.41 Å². The number of esters is 1. The van der Waals surface area contributed by atoms with Crippen molar-refractivity contribution in [2.45, 2.75) is 46.6 Å². The molecule has 1 N–H and O–H groups in total. The first-order valence-corrected chi connectivity index (χ1v) is 12.3. The molecule has 4 rings (SSSR count). The van der Waals surface area contributed by atoms with Crippen molar-refractivity contribution in [1.29, 1.82) is 0 Å². The van der Waals surface area contributed by atoms with Gasteiger partial charge in [-0.1, -0.05) is 38.4 Å². The molecule has 0 saturated carbocycles. The van der Waals surface area contributed by atoms with Crippen molar-refractivity contribution >= 4 is 29.0 Å². The van der Waals surface area contributed by atoms with Gasteiger partial charge in [0.2, 0.25) is 0 Å². The molecule has 0 spiro atoms. The molecule has 2 aromatic heterocycles. The summed E-state index contributed by atoms with van der Waals surface area (Å²) in [7, 11) is 0. The van der Waals surface area contributed by atoms with Crippen molar-refractivity contribution in [1.82, 2.24) is 9.38 Å². The van der Waals surface area contributed by atoms with E-state index in [0.717, 1.165) is 29.1 Å². The first-order chi connectivity index (χ1) is 17.0. The van der Waals surface area contributed by atoms with Crippen LogP contribution in [0.1, 0.15) is 41.0 Å². The third kappa shape index (κ3) is 6.58. The minimum Gasteiger partial charge on any atom is -0.482 e. The predicted molar refractivity (Wildman–Crippen MR) is 145 cm³/mol. The van der Waals surface area contributed by atoms with Crippen molar-refractivity contribution in [3.05, 3.63) is 77.9 Å². The highest BCUT2D eigenvalue weighted by atomic mass is 35.5. The van der Waals surface area contributed by atoms with Crippen LogP contribution >= 0.6 is 11.6 Å². The fourth-order valence-corrected chi connectivity index (χ4v) is 4.65. The molecule has 188 valence electrons. The summed E-state index contributed by atoms with van der Waals surface area (Å²) in [5.74, 6) is 1.43. The Morgan fingerprint density at radius 1 is 0.944 bits per heavy atom. The Morgan fingerprint density at radius 3 is 2.28 bits per heavy atom. The summed E-state index contributed by atoms with van der Waals surface area (Å²) >= 11 is 5.87. The molecular weight excluding hydrogens is 474 g/mol. The van der Waals surface area contributed by atoms with E-state index in [1.54, 1.807) is 36.4 Å². The molecule has 2 aromatic carbocycles. The molecule has 36 heavy (non-hydrogen) atoms. The Bertz CT molecular complexity index is 1340. The zero-order valence-electron chi connectivity index (χ0n) is 21.3. The van der Waals surface area contributed by atoms with Gasteiger partial charge in [-0.05, 0) is 86.3 Å². The molecule has 0 aliphatic carbocycles. The van der Waals surface area contributed by atoms with Gasteiger partial charge in [0.25, 0.3) is 0 Å². The quantitative estimate of drug-likeness (QED) is 0.201. The number of imidazole rings is 1. The highest BCUT2D eigenvalue weighted by Gasteiger charge is 2.28. The highest BCUT2D eigenvalue weighted by Crippen LogP contribution is 2.35. The van der Waals surface area contributed by atoms with Gasteiger partial charge in [-0.2, -0.15) is 0 Å². The van der Waals surface area contributed by atoms with Crippen molar-refractivity contribution in [2.75, 3.05) is 11.9 Å². The summed E-state index contributed by atoms with van der Waals surface area (Å²) in [6, 6.07) is 20.1. The van der Waals surface area contributed by atoms with Gasteiger partial charge in [-0.15, -0.1) is 0 Å². The molecule has 0 amide bonds. The summed E-state index contributed by atoms with van der Waals surface area (Å²) in [5.41, 5.74) is 2.63. The third-order valence-corrected chi connectivity index (χ3v) is 5.74. The van der Waals surface area contributed by atoms with Crippen LogP contribution in [-0.2, 0) is 4.79 Å². The minimum atomic E-state index is -0.489. The number of hydrogen-bond acceptors (Lipinski definition) is 5. The SMILES string of the molecule is CC(C)(C)CC(C)(C)Nc1c(-c2ccc(OC(=O)COc3ccc(Cl)cc3)cc2)nc2ccccn12. The fraction of sp³-hybridized carbons (Fsp3) is 0.310. The van der Waals surface area contributed by atoms with E-state index in [1.807, 2.05) is 36.5 Å². The summed E-state index contributed by atoms with van der Waals surface area (Å²) in [6.45, 7) is 10.9. The number of nitrogens with zero attached hydrogens (tertiary/aromatic N) is 2. The number of anilines is 1. The van der Waals surface area contributed by atoms with E-state index >= 15 is 0 Å². The first-order valence-electron chi connectivity index (χ1n) is 11.9. The van der Waals surface area contributed by atoms with Gasteiger partial charge < -0.3 is 14.8 Å². The molecule has 6 nitrogen and oxygen atoms in total. The smallest absolute Gasteiger partial charge is 0.349 e. The number of ether oxygens (including phenoxy) is 2. The fourth-order valence-electron chi connectivity index (χ4n) is 4.52. The average molecular weight is 506 g/mol. The molecule has 0 saturated heterocycles. The summed E-state index contributed by atoms with van der Waals surface area (Å²) in [4.78, 5) is 17.1. The van der Waals surface area contributed by atoms with E-state index in [0.29, 0.717) is 16.5 Å². The molecule has 0 aliphatic rings. The summed E-state index contributed by atoms with van der Waals surface area (Å²) in [6.07, 6.45) is 2.99. The van der Waals surface area contributed by atoms with Crippen LogP contribution in [0.5, 0.6) is 11.5 Å². The molecule has 0 aliphatic heterocycles. The maximum absolute atomic E-state index is 12.3. The van der Waals surface area contributed by atoms with Crippen LogP contribution in [0.25, 0.3) is 16.9 Å². The van der Waals surface area contributed by atoms with Crippen LogP contribution < -0.4 is 14.8 Å². The topological polar surface area (TPSA) is 64.9 Å². The lowest BCUT2D eigenvalue weighted by atomic mass is 9.82. The highest BCUT2D eigenvalue weighted by molar-refractivity contribution is 6.30. The zero-order valence-corrected chi connectivity index (χ0v) is 22.1. The van der Waals surface area contributed by atoms with Crippen LogP contribution in [0.3, 0.4) is 0 Å². The van der Waals surface area contributed by atoms with E-state index in [1.165, 1.54) is 0 Å². The van der Waals surface area contributed by atoms with E-state index in [2.05, 4.69) is 44.3 Å². The number of fused-ring (bicyclic) bond motifs is 1. The standard InChI is InChI=1S/C29H32ClN3O3/c1-28(2,3)19-29(4,5)32-27-26(31-24-8-6-7-17-33(24)27)20-9-13-23(14-10-20)36-25(34)18-35-22-15-11-21(30)12-16-22/h6-17,32H,18-19H2,1-5H3. The average Bonchev–Trinajstić information content (AvgIpc) is 3.15. The number of benzene rings is 2. The molecule has 0 unspecified atom stereocenters. The molecule has 2 heterocycles. The lowest BCUT2D eigenvalue weighted by Gasteiger charge is -2.34. The monoisotopic (exact) mass is 505 g/mol. The van der Waals surface area contributed by atoms with Gasteiger partial charge in [0.1, 0.15) is 28.7 Å². The molecule has 7 heteroatoms. The number of nitrogens with one attached hydrogen (secondary N) is 1. The van der Waals surface area contributed by atoms with Gasteiger partial charge in [-0.3, -0.25) is 4.40 Å². The van der Waals surface area contributed by atoms with E-state index in [9.17, 15) is 4.79 Å². The predicted octanol–water partition coefficient (Wildman–Crippen LogP) is 7.27. The molecule has 0 radical (unpaired) electrons. The molecular formula is C29H32ClN3O3. The van der Waals surface area contributed by atoms with Crippen molar-refractivity contribution < 1.29 is 14.3 Å². The molecule has 0 bridgehead atoms. The number of aromatic nitrogens is 2. The summed E-state index contributed by atoms with van der Waals surface area (Å²) in [5, 5.41) is 4.34. The Labute approximate surface area is 217 Å². The van der Waals surface area contributed by atoms with Crippen LogP contribution in [0, 0.1) is 5.41 Å². The second-order valence-electron chi connectivity index (χ2n) is 10.7. The Balaban J connectivity index is 1.51. The second kappa shape index (κ2) is 10.2. The number of carbonyl (C=O) groups is 1. The second-order valence-corrected chi connectivity index (χ2v) is 11.2. The number of halogens is 1. The Morgan fingerprint density at radius 2 is 1.61 bits per heavy atom. The number of carbonyl (C=O) groups excluding carboxylic acids is 1. The lowest BCUT2D eigenvalue weighted by molar-refractivity contribution is -0.136. The van der Waals surface area contributed by atoms with Gasteiger partial charge in [-0.25, -0.2) is 9.78 Å². The van der Waals surface area contributed by atoms with Gasteiger partial charge in [0.15, 0.2) is 6.61 Å². The Kier molecular flexibility index (Phi) is 7.27. The van der Waals surface area contributed by atoms with Crippen LogP contribution in [-0.4, -0.2) is 27.5 Å². The van der Waals surface area contributed by atoms with Gasteiger partial charge >= 0.3 is 5.97 Å². The molecule has 0 fully saturated rings. The first kappa shape index (κ1) is 25.6. The van der Waals surface area contributed by atoms with E-state index < -0.39 is 5.97 Å². The van der Waals surface area contributed by atoms with Gasteiger partial charge in [0.05, 0.1) is 0 Å². The maximum atomic E-state index is 12.3. The third-order valence-electron chi connectivity index (χ3n) is 5.49. The number of pyridine rings is 1. The molecule has 4 aromatic rings. The van der Waals surface area contributed by atoms with E-state index in [-0.39, 0.29) is 17.6 Å². The summed E-state index contributed by atoms with van der Waals surface area (Å²) < 4.78 is 13.0. The number of hydrogen-bond donors (Lipinski definition) is 1.